The Morgan fingerprint density at radius 3 is 2.65 bits per heavy atom. The van der Waals surface area contributed by atoms with Crippen LogP contribution in [0, 0.1) is 5.92 Å². The molecule has 2 unspecified atom stereocenters. The van der Waals surface area contributed by atoms with Gasteiger partial charge in [0.15, 0.2) is 0 Å². The van der Waals surface area contributed by atoms with Gasteiger partial charge in [-0.25, -0.2) is 0 Å². The molecule has 0 amide bonds. The van der Waals surface area contributed by atoms with Gasteiger partial charge >= 0.3 is 0 Å². The first-order chi connectivity index (χ1) is 9.78. The van der Waals surface area contributed by atoms with Crippen LogP contribution >= 0.6 is 11.8 Å². The van der Waals surface area contributed by atoms with E-state index in [1.807, 2.05) is 11.8 Å². The molecule has 0 bridgehead atoms. The fourth-order valence-corrected chi connectivity index (χ4v) is 4.21. The summed E-state index contributed by atoms with van der Waals surface area (Å²) >= 11 is 2.04. The topological polar surface area (TPSA) is 21.3 Å². The molecule has 2 atom stereocenters. The lowest BCUT2D eigenvalue weighted by atomic mass is 9.88. The van der Waals surface area contributed by atoms with Crippen LogP contribution < -0.4 is 10.1 Å². The molecule has 110 valence electrons. The van der Waals surface area contributed by atoms with Gasteiger partial charge in [-0.05, 0) is 38.0 Å². The molecule has 1 aromatic rings. The van der Waals surface area contributed by atoms with Gasteiger partial charge in [0.1, 0.15) is 5.75 Å². The van der Waals surface area contributed by atoms with Gasteiger partial charge in [0.25, 0.3) is 0 Å². The van der Waals surface area contributed by atoms with Crippen molar-refractivity contribution in [2.75, 3.05) is 12.9 Å². The van der Waals surface area contributed by atoms with Gasteiger partial charge in [-0.2, -0.15) is 11.8 Å². The Balaban J connectivity index is 1.68. The van der Waals surface area contributed by atoms with E-state index in [0.29, 0.717) is 18.0 Å². The van der Waals surface area contributed by atoms with Crippen LogP contribution in [0.2, 0.25) is 0 Å². The predicted molar refractivity (Wildman–Crippen MR) is 86.5 cm³/mol. The first-order valence-electron chi connectivity index (χ1n) is 7.78. The predicted octanol–water partition coefficient (Wildman–Crippen LogP) is 4.02. The fourth-order valence-electron chi connectivity index (χ4n) is 3.47. The third-order valence-electron chi connectivity index (χ3n) is 4.75. The summed E-state index contributed by atoms with van der Waals surface area (Å²) in [5, 5.41) is 4.80. The number of para-hydroxylation sites is 1. The quantitative estimate of drug-likeness (QED) is 0.909. The van der Waals surface area contributed by atoms with Crippen molar-refractivity contribution in [3.8, 4) is 5.75 Å². The zero-order chi connectivity index (χ0) is 13.9. The van der Waals surface area contributed by atoms with Crippen LogP contribution in [0.3, 0.4) is 0 Å². The number of fused-ring (bicyclic) bond motifs is 1. The molecule has 3 rings (SSSR count). The maximum atomic E-state index is 5.85. The summed E-state index contributed by atoms with van der Waals surface area (Å²) < 4.78 is 5.85. The Bertz CT molecular complexity index is 442. The van der Waals surface area contributed by atoms with Gasteiger partial charge in [-0.1, -0.05) is 25.1 Å². The van der Waals surface area contributed by atoms with Crippen LogP contribution in [0.25, 0.3) is 0 Å². The second kappa shape index (κ2) is 6.40. The molecule has 0 spiro atoms. The van der Waals surface area contributed by atoms with E-state index in [4.69, 9.17) is 4.74 Å². The van der Waals surface area contributed by atoms with Crippen molar-refractivity contribution in [3.63, 3.8) is 0 Å². The van der Waals surface area contributed by atoms with Crippen LogP contribution in [-0.2, 0) is 0 Å². The molecule has 0 aromatic heterocycles. The van der Waals surface area contributed by atoms with Crippen molar-refractivity contribution in [2.24, 2.45) is 5.92 Å². The average molecular weight is 291 g/mol. The molecule has 0 radical (unpaired) electrons. The van der Waals surface area contributed by atoms with Crippen LogP contribution in [0.4, 0.5) is 0 Å². The Kier molecular flexibility index (Phi) is 4.57. The third-order valence-corrected chi connectivity index (χ3v) is 5.89. The molecule has 1 aromatic carbocycles. The molecule has 2 nitrogen and oxygen atoms in total. The summed E-state index contributed by atoms with van der Waals surface area (Å²) in [4.78, 5) is 0. The summed E-state index contributed by atoms with van der Waals surface area (Å²) in [6.45, 7) is 3.12. The fraction of sp³-hybridized carbons (Fsp3) is 0.647. The van der Waals surface area contributed by atoms with Crippen molar-refractivity contribution in [1.29, 1.82) is 0 Å². The minimum Gasteiger partial charge on any atom is -0.493 e. The highest BCUT2D eigenvalue weighted by molar-refractivity contribution is 7.99. The molecule has 1 saturated carbocycles. The van der Waals surface area contributed by atoms with E-state index in [9.17, 15) is 0 Å². The van der Waals surface area contributed by atoms with E-state index in [0.717, 1.165) is 17.6 Å². The van der Waals surface area contributed by atoms with Gasteiger partial charge < -0.3 is 10.1 Å². The first-order valence-corrected chi connectivity index (χ1v) is 9.07. The van der Waals surface area contributed by atoms with Gasteiger partial charge in [0, 0.05) is 28.8 Å². The van der Waals surface area contributed by atoms with E-state index in [2.05, 4.69) is 42.8 Å². The van der Waals surface area contributed by atoms with E-state index in [1.165, 1.54) is 31.2 Å². The molecule has 1 aliphatic heterocycles. The van der Waals surface area contributed by atoms with E-state index < -0.39 is 0 Å². The SMILES string of the molecule is CSC1CCC(NC2c3ccccc3OCC2C)CC1. The molecule has 20 heavy (non-hydrogen) atoms. The monoisotopic (exact) mass is 291 g/mol. The van der Waals surface area contributed by atoms with E-state index >= 15 is 0 Å². The van der Waals surface area contributed by atoms with Crippen molar-refractivity contribution >= 4 is 11.8 Å². The molecule has 1 N–H and O–H groups in total. The summed E-state index contributed by atoms with van der Waals surface area (Å²) in [6, 6.07) is 9.64. The van der Waals surface area contributed by atoms with Crippen molar-refractivity contribution in [2.45, 2.75) is 49.9 Å². The summed E-state index contributed by atoms with van der Waals surface area (Å²) in [6.07, 6.45) is 7.60. The van der Waals surface area contributed by atoms with Crippen molar-refractivity contribution in [3.05, 3.63) is 29.8 Å². The number of hydrogen-bond acceptors (Lipinski definition) is 3. The third kappa shape index (κ3) is 2.99. The number of nitrogens with one attached hydrogen (secondary N) is 1. The van der Waals surface area contributed by atoms with Crippen LogP contribution in [0.1, 0.15) is 44.2 Å². The zero-order valence-corrected chi connectivity index (χ0v) is 13.3. The van der Waals surface area contributed by atoms with Crippen LogP contribution in [-0.4, -0.2) is 24.2 Å². The zero-order valence-electron chi connectivity index (χ0n) is 12.5. The van der Waals surface area contributed by atoms with Crippen molar-refractivity contribution < 1.29 is 4.74 Å². The summed E-state index contributed by atoms with van der Waals surface area (Å²) in [5.74, 6) is 1.61. The molecular weight excluding hydrogens is 266 g/mol. The Morgan fingerprint density at radius 2 is 1.90 bits per heavy atom. The maximum absolute atomic E-state index is 5.85. The van der Waals surface area contributed by atoms with Crippen molar-refractivity contribution in [1.82, 2.24) is 5.32 Å². The molecule has 2 aliphatic rings. The Hall–Kier alpha value is -0.670. The lowest BCUT2D eigenvalue weighted by Crippen LogP contribution is -2.41. The van der Waals surface area contributed by atoms with Gasteiger partial charge in [0.2, 0.25) is 0 Å². The maximum Gasteiger partial charge on any atom is 0.124 e. The number of thioether (sulfide) groups is 1. The number of hydrogen-bond donors (Lipinski definition) is 1. The molecular formula is C17H25NOS. The minimum absolute atomic E-state index is 0.454. The second-order valence-corrected chi connectivity index (χ2v) is 7.32. The van der Waals surface area contributed by atoms with Crippen LogP contribution in [0.15, 0.2) is 24.3 Å². The highest BCUT2D eigenvalue weighted by Crippen LogP contribution is 2.37. The standard InChI is InChI=1S/C17H25NOS/c1-12-11-19-16-6-4-3-5-15(16)17(12)18-13-7-9-14(20-2)10-8-13/h3-6,12-14,17-18H,7-11H2,1-2H3. The highest BCUT2D eigenvalue weighted by Gasteiger charge is 2.30. The van der Waals surface area contributed by atoms with E-state index in [1.54, 1.807) is 0 Å². The summed E-state index contributed by atoms with van der Waals surface area (Å²) in [5.41, 5.74) is 1.35. The largest absolute Gasteiger partial charge is 0.493 e. The Labute approximate surface area is 126 Å². The highest BCUT2D eigenvalue weighted by atomic mass is 32.2. The molecule has 3 heteroatoms. The van der Waals surface area contributed by atoms with Gasteiger partial charge in [0.05, 0.1) is 6.61 Å². The molecule has 1 fully saturated rings. The smallest absolute Gasteiger partial charge is 0.124 e. The lowest BCUT2D eigenvalue weighted by Gasteiger charge is -2.37. The molecule has 0 saturated heterocycles. The van der Waals surface area contributed by atoms with Gasteiger partial charge in [-0.3, -0.25) is 0 Å². The number of benzene rings is 1. The second-order valence-electron chi connectivity index (χ2n) is 6.18. The van der Waals surface area contributed by atoms with E-state index in [-0.39, 0.29) is 0 Å². The average Bonchev–Trinajstić information content (AvgIpc) is 2.51. The first kappa shape index (κ1) is 14.3. The number of rotatable bonds is 3. The normalized spacial score (nSPS) is 33.3. The minimum atomic E-state index is 0.454. The number of ether oxygens (including phenoxy) is 1. The molecule has 1 aliphatic carbocycles. The lowest BCUT2D eigenvalue weighted by molar-refractivity contribution is 0.173. The Morgan fingerprint density at radius 1 is 1.15 bits per heavy atom. The van der Waals surface area contributed by atoms with Crippen LogP contribution in [0.5, 0.6) is 5.75 Å². The molecule has 1 heterocycles. The summed E-state index contributed by atoms with van der Waals surface area (Å²) in [7, 11) is 0. The van der Waals surface area contributed by atoms with Gasteiger partial charge in [-0.15, -0.1) is 0 Å².